The molecule has 244 valence electrons. The van der Waals surface area contributed by atoms with Crippen molar-refractivity contribution in [2.75, 3.05) is 4.90 Å². The number of nitrogens with zero attached hydrogens (tertiary/aromatic N) is 1. The van der Waals surface area contributed by atoms with E-state index in [1.807, 2.05) is 24.3 Å². The second-order valence-electron chi connectivity index (χ2n) is 13.6. The summed E-state index contributed by atoms with van der Waals surface area (Å²) in [5.74, 6) is 0. The van der Waals surface area contributed by atoms with Crippen molar-refractivity contribution in [3.8, 4) is 11.1 Å². The fraction of sp³-hybridized carbons (Fsp3) is 0.0204. The first-order valence-corrected chi connectivity index (χ1v) is 17.8. The van der Waals surface area contributed by atoms with Crippen LogP contribution >= 0.6 is 0 Å². The van der Waals surface area contributed by atoms with E-state index in [0.29, 0.717) is 0 Å². The van der Waals surface area contributed by atoms with Crippen molar-refractivity contribution >= 4 is 60.9 Å². The summed E-state index contributed by atoms with van der Waals surface area (Å²) in [7, 11) is 0. The summed E-state index contributed by atoms with van der Waals surface area (Å²) in [5.41, 5.74) is 13.6. The molecule has 0 saturated carbocycles. The van der Waals surface area contributed by atoms with E-state index in [-0.39, 0.29) is 0 Å². The molecule has 10 aromatic rings. The van der Waals surface area contributed by atoms with Gasteiger partial charge in [0.05, 0.1) is 22.2 Å². The number of para-hydroxylation sites is 3. The zero-order valence-electron chi connectivity index (χ0n) is 28.2. The number of anilines is 3. The molecule has 8 aromatic carbocycles. The first kappa shape index (κ1) is 28.9. The maximum atomic E-state index is 6.68. The molecule has 0 spiro atoms. The highest BCUT2D eigenvalue weighted by molar-refractivity contribution is 6.16. The lowest BCUT2D eigenvalue weighted by Gasteiger charge is -2.34. The monoisotopic (exact) mass is 665 g/mol. The van der Waals surface area contributed by atoms with Crippen molar-refractivity contribution in [1.29, 1.82) is 0 Å². The molecular formula is C49H31NO2. The Morgan fingerprint density at radius 1 is 0.365 bits per heavy atom. The summed E-state index contributed by atoms with van der Waals surface area (Å²) in [6, 6.07) is 67.2. The third kappa shape index (κ3) is 3.96. The number of hydrogen-bond acceptors (Lipinski definition) is 3. The molecule has 0 N–H and O–H groups in total. The van der Waals surface area contributed by atoms with E-state index >= 15 is 0 Å². The number of rotatable bonds is 5. The molecule has 1 aliphatic rings. The molecule has 0 amide bonds. The van der Waals surface area contributed by atoms with Crippen molar-refractivity contribution < 1.29 is 8.83 Å². The van der Waals surface area contributed by atoms with Crippen LogP contribution in [0.2, 0.25) is 0 Å². The average molecular weight is 666 g/mol. The van der Waals surface area contributed by atoms with Gasteiger partial charge in [0.1, 0.15) is 16.7 Å². The van der Waals surface area contributed by atoms with Crippen LogP contribution in [0.5, 0.6) is 0 Å². The molecule has 52 heavy (non-hydrogen) atoms. The van der Waals surface area contributed by atoms with Crippen molar-refractivity contribution in [1.82, 2.24) is 0 Å². The molecular weight excluding hydrogens is 635 g/mol. The van der Waals surface area contributed by atoms with Gasteiger partial charge in [-0.15, -0.1) is 0 Å². The highest BCUT2D eigenvalue weighted by atomic mass is 16.3. The molecule has 0 bridgehead atoms. The summed E-state index contributed by atoms with van der Waals surface area (Å²) in [6.45, 7) is 0. The second kappa shape index (κ2) is 11.1. The Balaban J connectivity index is 1.18. The maximum absolute atomic E-state index is 6.68. The maximum Gasteiger partial charge on any atom is 0.159 e. The lowest BCUT2D eigenvalue weighted by atomic mass is 9.68. The van der Waals surface area contributed by atoms with Crippen molar-refractivity contribution in [3.05, 3.63) is 210 Å². The Hall–Kier alpha value is -6.84. The molecule has 0 fully saturated rings. The molecule has 1 aliphatic carbocycles. The third-order valence-corrected chi connectivity index (χ3v) is 11.0. The van der Waals surface area contributed by atoms with E-state index in [9.17, 15) is 0 Å². The molecule has 2 aromatic heterocycles. The summed E-state index contributed by atoms with van der Waals surface area (Å²) < 4.78 is 13.1. The second-order valence-corrected chi connectivity index (χ2v) is 13.6. The van der Waals surface area contributed by atoms with Crippen molar-refractivity contribution in [2.24, 2.45) is 0 Å². The molecule has 3 nitrogen and oxygen atoms in total. The van der Waals surface area contributed by atoms with Crippen molar-refractivity contribution in [3.63, 3.8) is 0 Å². The highest BCUT2D eigenvalue weighted by Crippen LogP contribution is 2.56. The molecule has 2 heterocycles. The van der Waals surface area contributed by atoms with Crippen LogP contribution in [0, 0.1) is 0 Å². The molecule has 11 rings (SSSR count). The normalized spacial score (nSPS) is 13.2. The fourth-order valence-electron chi connectivity index (χ4n) is 8.83. The van der Waals surface area contributed by atoms with Gasteiger partial charge in [0, 0.05) is 21.8 Å². The SMILES string of the molecule is c1ccc(C2(c3ccc(N(c4cccc5c4oc4ccccc45)c4cccc5oc6ccccc6c45)cc3)c3ccccc3-c3ccccc32)cc1. The quantitative estimate of drug-likeness (QED) is 0.183. The largest absolute Gasteiger partial charge is 0.456 e. The molecule has 0 saturated heterocycles. The smallest absolute Gasteiger partial charge is 0.159 e. The van der Waals surface area contributed by atoms with Gasteiger partial charge in [-0.2, -0.15) is 0 Å². The highest BCUT2D eigenvalue weighted by Gasteiger charge is 2.45. The van der Waals surface area contributed by atoms with Gasteiger partial charge in [-0.05, 0) is 75.8 Å². The van der Waals surface area contributed by atoms with E-state index in [1.165, 1.54) is 33.4 Å². The van der Waals surface area contributed by atoms with Crippen LogP contribution in [0.1, 0.15) is 22.3 Å². The van der Waals surface area contributed by atoms with Crippen LogP contribution < -0.4 is 4.90 Å². The number of fused-ring (bicyclic) bond motifs is 9. The molecule has 0 aliphatic heterocycles. The van der Waals surface area contributed by atoms with Crippen LogP contribution in [0.25, 0.3) is 55.0 Å². The minimum atomic E-state index is -0.475. The van der Waals surface area contributed by atoms with Crippen LogP contribution in [0.4, 0.5) is 17.1 Å². The van der Waals surface area contributed by atoms with Gasteiger partial charge in [0.2, 0.25) is 0 Å². The summed E-state index contributed by atoms with van der Waals surface area (Å²) in [5, 5.41) is 4.33. The minimum Gasteiger partial charge on any atom is -0.456 e. The lowest BCUT2D eigenvalue weighted by molar-refractivity contribution is 0.668. The Kier molecular flexibility index (Phi) is 6.17. The summed E-state index contributed by atoms with van der Waals surface area (Å²) >= 11 is 0. The van der Waals surface area contributed by atoms with Crippen molar-refractivity contribution in [2.45, 2.75) is 5.41 Å². The van der Waals surface area contributed by atoms with Gasteiger partial charge in [-0.3, -0.25) is 0 Å². The van der Waals surface area contributed by atoms with Gasteiger partial charge in [-0.25, -0.2) is 0 Å². The molecule has 0 atom stereocenters. The predicted molar refractivity (Wildman–Crippen MR) is 213 cm³/mol. The Bertz CT molecular complexity index is 2920. The van der Waals surface area contributed by atoms with E-state index in [0.717, 1.165) is 60.9 Å². The van der Waals surface area contributed by atoms with E-state index in [2.05, 4.69) is 169 Å². The summed E-state index contributed by atoms with van der Waals surface area (Å²) in [6.07, 6.45) is 0. The zero-order chi connectivity index (χ0) is 34.2. The van der Waals surface area contributed by atoms with Crippen LogP contribution in [-0.4, -0.2) is 0 Å². The number of furan rings is 2. The topological polar surface area (TPSA) is 29.5 Å². The molecule has 0 unspecified atom stereocenters. The van der Waals surface area contributed by atoms with Crippen LogP contribution in [-0.2, 0) is 5.41 Å². The number of hydrogen-bond donors (Lipinski definition) is 0. The molecule has 0 radical (unpaired) electrons. The first-order valence-electron chi connectivity index (χ1n) is 17.8. The predicted octanol–water partition coefficient (Wildman–Crippen LogP) is 13.3. The average Bonchev–Trinajstić information content (AvgIpc) is 3.88. The van der Waals surface area contributed by atoms with Crippen LogP contribution in [0.3, 0.4) is 0 Å². The van der Waals surface area contributed by atoms with Gasteiger partial charge in [0.15, 0.2) is 5.58 Å². The zero-order valence-corrected chi connectivity index (χ0v) is 28.2. The molecule has 3 heteroatoms. The van der Waals surface area contributed by atoms with Gasteiger partial charge >= 0.3 is 0 Å². The minimum absolute atomic E-state index is 0.475. The van der Waals surface area contributed by atoms with Gasteiger partial charge in [-0.1, -0.05) is 146 Å². The van der Waals surface area contributed by atoms with E-state index in [4.69, 9.17) is 8.83 Å². The van der Waals surface area contributed by atoms with Gasteiger partial charge in [0.25, 0.3) is 0 Å². The fourth-order valence-corrected chi connectivity index (χ4v) is 8.83. The van der Waals surface area contributed by atoms with E-state index < -0.39 is 5.41 Å². The van der Waals surface area contributed by atoms with Gasteiger partial charge < -0.3 is 13.7 Å². The Morgan fingerprint density at radius 3 is 1.65 bits per heavy atom. The summed E-state index contributed by atoms with van der Waals surface area (Å²) in [4.78, 5) is 2.34. The first-order chi connectivity index (χ1) is 25.8. The van der Waals surface area contributed by atoms with E-state index in [1.54, 1.807) is 0 Å². The Morgan fingerprint density at radius 2 is 0.904 bits per heavy atom. The standard InChI is InChI=1S/C49H31NO2/c1-2-14-32(15-3-1)49(40-21-8-4-16-35(40)36-17-5-9-22-41(36)49)33-28-30-34(31-29-33)50(42-23-13-27-46-47(42)39-19-7-11-26-45(39)51-46)43-24-12-20-38-37-18-6-10-25-44(37)52-48(38)43/h1-31H. The van der Waals surface area contributed by atoms with Crippen LogP contribution in [0.15, 0.2) is 197 Å². The third-order valence-electron chi connectivity index (χ3n) is 11.0. The Labute approximate surface area is 300 Å². The lowest BCUT2D eigenvalue weighted by Crippen LogP contribution is -2.28. The number of benzene rings is 8.